The molecule has 22 heavy (non-hydrogen) atoms. The number of morpholine rings is 1. The van der Waals surface area contributed by atoms with Crippen molar-refractivity contribution in [1.29, 1.82) is 0 Å². The number of hydrogen-bond donors (Lipinski definition) is 0. The minimum absolute atomic E-state index is 0.0216. The number of nitrogens with zero attached hydrogens (tertiary/aromatic N) is 4. The maximum atomic E-state index is 12.6. The number of aromatic nitrogens is 2. The maximum Gasteiger partial charge on any atom is 0.318 e. The van der Waals surface area contributed by atoms with E-state index in [0.717, 1.165) is 32.2 Å². The van der Waals surface area contributed by atoms with Crippen LogP contribution in [0, 0.1) is 5.92 Å². The van der Waals surface area contributed by atoms with Crippen molar-refractivity contribution in [1.82, 2.24) is 15.1 Å². The summed E-state index contributed by atoms with van der Waals surface area (Å²) >= 11 is 0. The van der Waals surface area contributed by atoms with Crippen LogP contribution in [0.2, 0.25) is 0 Å². The SMILES string of the molecule is CCCc1nnc(N2CCC[C@@H](C(=O)N3CCOCC3)C2)o1. The zero-order valence-corrected chi connectivity index (χ0v) is 13.2. The fraction of sp³-hybridized carbons (Fsp3) is 0.800. The third kappa shape index (κ3) is 3.40. The average Bonchev–Trinajstić information content (AvgIpc) is 3.04. The lowest BCUT2D eigenvalue weighted by Crippen LogP contribution is -2.48. The Kier molecular flexibility index (Phi) is 4.92. The summed E-state index contributed by atoms with van der Waals surface area (Å²) < 4.78 is 11.0. The molecule has 7 nitrogen and oxygen atoms in total. The van der Waals surface area contributed by atoms with E-state index in [2.05, 4.69) is 22.0 Å². The van der Waals surface area contributed by atoms with Gasteiger partial charge in [0.2, 0.25) is 11.8 Å². The van der Waals surface area contributed by atoms with Crippen LogP contribution in [0.25, 0.3) is 0 Å². The van der Waals surface area contributed by atoms with E-state index in [-0.39, 0.29) is 11.8 Å². The van der Waals surface area contributed by atoms with Gasteiger partial charge in [0.25, 0.3) is 0 Å². The number of piperidine rings is 1. The fourth-order valence-corrected chi connectivity index (χ4v) is 3.08. The summed E-state index contributed by atoms with van der Waals surface area (Å²) in [5.74, 6) is 0.939. The molecule has 1 amide bonds. The third-order valence-corrected chi connectivity index (χ3v) is 4.28. The molecule has 122 valence electrons. The zero-order chi connectivity index (χ0) is 15.4. The summed E-state index contributed by atoms with van der Waals surface area (Å²) in [5.41, 5.74) is 0. The van der Waals surface area contributed by atoms with Gasteiger partial charge < -0.3 is 19.0 Å². The number of aryl methyl sites for hydroxylation is 1. The lowest BCUT2D eigenvalue weighted by molar-refractivity contribution is -0.139. The van der Waals surface area contributed by atoms with Gasteiger partial charge in [0.15, 0.2) is 0 Å². The van der Waals surface area contributed by atoms with Crippen molar-refractivity contribution in [2.75, 3.05) is 44.3 Å². The van der Waals surface area contributed by atoms with Gasteiger partial charge in [-0.2, -0.15) is 0 Å². The zero-order valence-electron chi connectivity index (χ0n) is 13.2. The van der Waals surface area contributed by atoms with Crippen LogP contribution in [-0.4, -0.2) is 60.4 Å². The van der Waals surface area contributed by atoms with Gasteiger partial charge in [-0.15, -0.1) is 5.10 Å². The van der Waals surface area contributed by atoms with Crippen LogP contribution in [0.4, 0.5) is 6.01 Å². The first kappa shape index (κ1) is 15.3. The van der Waals surface area contributed by atoms with Crippen molar-refractivity contribution >= 4 is 11.9 Å². The van der Waals surface area contributed by atoms with Crippen molar-refractivity contribution in [3.8, 4) is 0 Å². The van der Waals surface area contributed by atoms with Gasteiger partial charge in [-0.05, 0) is 19.3 Å². The Labute approximate surface area is 130 Å². The first-order valence-electron chi connectivity index (χ1n) is 8.21. The average molecular weight is 308 g/mol. The molecule has 3 rings (SSSR count). The van der Waals surface area contributed by atoms with Crippen LogP contribution in [0.1, 0.15) is 32.1 Å². The highest BCUT2D eigenvalue weighted by Crippen LogP contribution is 2.24. The Morgan fingerprint density at radius 2 is 2.09 bits per heavy atom. The van der Waals surface area contributed by atoms with Gasteiger partial charge >= 0.3 is 6.01 Å². The molecule has 3 heterocycles. The Balaban J connectivity index is 1.61. The standard InChI is InChI=1S/C15H24N4O3/c1-2-4-13-16-17-15(22-13)19-6-3-5-12(11-19)14(20)18-7-9-21-10-8-18/h12H,2-11H2,1H3/t12-/m1/s1. The largest absolute Gasteiger partial charge is 0.408 e. The Morgan fingerprint density at radius 3 is 2.86 bits per heavy atom. The predicted molar refractivity (Wildman–Crippen MR) is 80.6 cm³/mol. The van der Waals surface area contributed by atoms with E-state index in [1.54, 1.807) is 0 Å². The van der Waals surface area contributed by atoms with Crippen LogP contribution >= 0.6 is 0 Å². The fourth-order valence-electron chi connectivity index (χ4n) is 3.08. The monoisotopic (exact) mass is 308 g/mol. The number of rotatable bonds is 4. The molecule has 2 aliphatic heterocycles. The van der Waals surface area contributed by atoms with E-state index in [0.29, 0.717) is 44.8 Å². The van der Waals surface area contributed by atoms with Crippen molar-refractivity contribution in [2.24, 2.45) is 5.92 Å². The summed E-state index contributed by atoms with van der Waals surface area (Å²) in [4.78, 5) is 16.6. The number of ether oxygens (including phenoxy) is 1. The second kappa shape index (κ2) is 7.09. The Hall–Kier alpha value is -1.63. The molecule has 0 bridgehead atoms. The highest BCUT2D eigenvalue weighted by Gasteiger charge is 2.31. The third-order valence-electron chi connectivity index (χ3n) is 4.28. The highest BCUT2D eigenvalue weighted by atomic mass is 16.5. The molecular weight excluding hydrogens is 284 g/mol. The molecule has 7 heteroatoms. The molecule has 1 atom stereocenters. The number of hydrogen-bond acceptors (Lipinski definition) is 6. The number of amides is 1. The predicted octanol–water partition coefficient (Wildman–Crippen LogP) is 1.10. The smallest absolute Gasteiger partial charge is 0.318 e. The van der Waals surface area contributed by atoms with Gasteiger partial charge in [-0.25, -0.2) is 0 Å². The number of carbonyl (C=O) groups excluding carboxylic acids is 1. The van der Waals surface area contributed by atoms with Crippen molar-refractivity contribution in [3.63, 3.8) is 0 Å². The lowest BCUT2D eigenvalue weighted by Gasteiger charge is -2.35. The van der Waals surface area contributed by atoms with Gasteiger partial charge in [-0.3, -0.25) is 4.79 Å². The van der Waals surface area contributed by atoms with Gasteiger partial charge in [-0.1, -0.05) is 12.0 Å². The summed E-state index contributed by atoms with van der Waals surface area (Å²) in [7, 11) is 0. The van der Waals surface area contributed by atoms with E-state index in [1.165, 1.54) is 0 Å². The van der Waals surface area contributed by atoms with Gasteiger partial charge in [0.1, 0.15) is 0 Å². The van der Waals surface area contributed by atoms with E-state index in [4.69, 9.17) is 9.15 Å². The van der Waals surface area contributed by atoms with E-state index >= 15 is 0 Å². The first-order chi connectivity index (χ1) is 10.8. The molecule has 1 aromatic heterocycles. The van der Waals surface area contributed by atoms with Gasteiger partial charge in [0, 0.05) is 32.6 Å². The van der Waals surface area contributed by atoms with E-state index in [9.17, 15) is 4.79 Å². The molecule has 0 aromatic carbocycles. The van der Waals surface area contributed by atoms with Gasteiger partial charge in [0.05, 0.1) is 19.1 Å². The van der Waals surface area contributed by atoms with Crippen molar-refractivity contribution in [2.45, 2.75) is 32.6 Å². The normalized spacial score (nSPS) is 22.9. The molecule has 0 aliphatic carbocycles. The second-order valence-corrected chi connectivity index (χ2v) is 5.95. The maximum absolute atomic E-state index is 12.6. The molecule has 2 saturated heterocycles. The van der Waals surface area contributed by atoms with Crippen molar-refractivity contribution < 1.29 is 13.9 Å². The summed E-state index contributed by atoms with van der Waals surface area (Å²) in [6.45, 7) is 6.33. The Morgan fingerprint density at radius 1 is 1.27 bits per heavy atom. The minimum Gasteiger partial charge on any atom is -0.408 e. The molecule has 0 spiro atoms. The highest BCUT2D eigenvalue weighted by molar-refractivity contribution is 5.79. The number of carbonyl (C=O) groups is 1. The van der Waals surface area contributed by atoms with Crippen LogP contribution < -0.4 is 4.90 Å². The molecular formula is C15H24N4O3. The molecule has 0 N–H and O–H groups in total. The molecule has 0 unspecified atom stereocenters. The quantitative estimate of drug-likeness (QED) is 0.829. The summed E-state index contributed by atoms with van der Waals surface area (Å²) in [6, 6.07) is 0.558. The van der Waals surface area contributed by atoms with Crippen LogP contribution in [0.5, 0.6) is 0 Å². The summed E-state index contributed by atoms with van der Waals surface area (Å²) in [5, 5.41) is 8.20. The molecule has 0 radical (unpaired) electrons. The first-order valence-corrected chi connectivity index (χ1v) is 8.21. The molecule has 2 aliphatic rings. The lowest BCUT2D eigenvalue weighted by atomic mass is 9.96. The number of anilines is 1. The second-order valence-electron chi connectivity index (χ2n) is 5.95. The molecule has 2 fully saturated rings. The van der Waals surface area contributed by atoms with E-state index < -0.39 is 0 Å². The Bertz CT molecular complexity index is 499. The molecule has 0 saturated carbocycles. The topological polar surface area (TPSA) is 71.7 Å². The van der Waals surface area contributed by atoms with Crippen molar-refractivity contribution in [3.05, 3.63) is 5.89 Å². The minimum atomic E-state index is 0.0216. The van der Waals surface area contributed by atoms with Crippen LogP contribution in [0.15, 0.2) is 4.42 Å². The summed E-state index contributed by atoms with van der Waals surface area (Å²) in [6.07, 6.45) is 3.70. The van der Waals surface area contributed by atoms with E-state index in [1.807, 2.05) is 4.90 Å². The molecule has 1 aromatic rings. The van der Waals surface area contributed by atoms with Crippen LogP contribution in [-0.2, 0) is 16.0 Å². The van der Waals surface area contributed by atoms with Crippen LogP contribution in [0.3, 0.4) is 0 Å².